The lowest BCUT2D eigenvalue weighted by Gasteiger charge is -2.23. The van der Waals surface area contributed by atoms with Crippen molar-refractivity contribution in [1.29, 1.82) is 0 Å². The van der Waals surface area contributed by atoms with Gasteiger partial charge in [-0.15, -0.1) is 0 Å². The molecule has 0 amide bonds. The molecular weight excluding hydrogens is 425 g/mol. The quantitative estimate of drug-likeness (QED) is 0.588. The van der Waals surface area contributed by atoms with Gasteiger partial charge in [-0.1, -0.05) is 30.9 Å². The van der Waals surface area contributed by atoms with Gasteiger partial charge in [0, 0.05) is 11.1 Å². The predicted octanol–water partition coefficient (Wildman–Crippen LogP) is 4.35. The number of allylic oxidation sites excluding steroid dienone is 4. The zero-order valence-electron chi connectivity index (χ0n) is 17.9. The van der Waals surface area contributed by atoms with Gasteiger partial charge in [0.1, 0.15) is 23.2 Å². The van der Waals surface area contributed by atoms with E-state index >= 15 is 0 Å². The largest absolute Gasteiger partial charge is 0.506 e. The summed E-state index contributed by atoms with van der Waals surface area (Å²) < 4.78 is 18.8. The molecule has 0 radical (unpaired) electrons. The first-order chi connectivity index (χ1) is 15.8. The van der Waals surface area contributed by atoms with Crippen LogP contribution in [0.5, 0.6) is 5.75 Å². The number of ether oxygens (including phenoxy) is 1. The highest BCUT2D eigenvalue weighted by atomic mass is 19.1. The lowest BCUT2D eigenvalue weighted by Crippen LogP contribution is -2.33. The van der Waals surface area contributed by atoms with E-state index in [2.05, 4.69) is 11.9 Å². The van der Waals surface area contributed by atoms with Crippen molar-refractivity contribution in [2.75, 3.05) is 13.1 Å². The van der Waals surface area contributed by atoms with E-state index in [1.807, 2.05) is 0 Å². The maximum Gasteiger partial charge on any atom is 0.342 e. The molecule has 33 heavy (non-hydrogen) atoms. The number of carbonyl (C=O) groups is 2. The number of carbonyl (C=O) groups excluding carboxylic acids is 1. The summed E-state index contributed by atoms with van der Waals surface area (Å²) in [4.78, 5) is 24.9. The van der Waals surface area contributed by atoms with Crippen molar-refractivity contribution in [3.63, 3.8) is 0 Å². The summed E-state index contributed by atoms with van der Waals surface area (Å²) in [7, 11) is 0. The van der Waals surface area contributed by atoms with Gasteiger partial charge in [-0.3, -0.25) is 0 Å². The number of benzene rings is 2. The predicted molar refractivity (Wildman–Crippen MR) is 123 cm³/mol. The molecular formula is C26H24FNO5. The molecule has 1 heterocycles. The molecule has 2 aromatic rings. The number of hydrogen-bond donors (Lipinski definition) is 3. The van der Waals surface area contributed by atoms with Gasteiger partial charge in [0.2, 0.25) is 0 Å². The topological polar surface area (TPSA) is 95.9 Å². The number of rotatable bonds is 5. The minimum Gasteiger partial charge on any atom is -0.506 e. The van der Waals surface area contributed by atoms with E-state index in [-0.39, 0.29) is 39.9 Å². The van der Waals surface area contributed by atoms with E-state index in [4.69, 9.17) is 4.74 Å². The molecule has 0 atom stereocenters. The van der Waals surface area contributed by atoms with Crippen LogP contribution in [0.2, 0.25) is 0 Å². The Morgan fingerprint density at radius 2 is 1.82 bits per heavy atom. The first kappa shape index (κ1) is 22.5. The van der Waals surface area contributed by atoms with E-state index in [0.717, 1.165) is 30.3 Å². The van der Waals surface area contributed by atoms with Crippen molar-refractivity contribution in [2.24, 2.45) is 0 Å². The van der Waals surface area contributed by atoms with E-state index in [0.29, 0.717) is 24.8 Å². The third kappa shape index (κ3) is 4.88. The summed E-state index contributed by atoms with van der Waals surface area (Å²) >= 11 is 0. The van der Waals surface area contributed by atoms with Gasteiger partial charge >= 0.3 is 11.9 Å². The molecule has 170 valence electrons. The smallest absolute Gasteiger partial charge is 0.342 e. The number of aromatic hydroxyl groups is 1. The molecule has 0 spiro atoms. The summed E-state index contributed by atoms with van der Waals surface area (Å²) in [5.41, 5.74) is 2.05. The summed E-state index contributed by atoms with van der Waals surface area (Å²) in [6.45, 7) is 5.40. The van der Waals surface area contributed by atoms with Crippen LogP contribution in [0.15, 0.2) is 54.6 Å². The molecule has 4 rings (SSSR count). The Kier molecular flexibility index (Phi) is 6.42. The van der Waals surface area contributed by atoms with Crippen LogP contribution >= 0.6 is 0 Å². The molecule has 6 nitrogen and oxygen atoms in total. The van der Waals surface area contributed by atoms with Crippen molar-refractivity contribution in [3.05, 3.63) is 88.3 Å². The van der Waals surface area contributed by atoms with E-state index in [1.165, 1.54) is 12.1 Å². The van der Waals surface area contributed by atoms with Crippen molar-refractivity contribution in [2.45, 2.75) is 25.4 Å². The molecule has 2 aliphatic rings. The van der Waals surface area contributed by atoms with Gasteiger partial charge in [0.05, 0.1) is 5.56 Å². The third-order valence-electron chi connectivity index (χ3n) is 5.82. The summed E-state index contributed by atoms with van der Waals surface area (Å²) in [6, 6.07) is 7.18. The number of halogens is 1. The van der Waals surface area contributed by atoms with Crippen LogP contribution in [0.1, 0.15) is 50.2 Å². The normalized spacial score (nSPS) is 16.0. The van der Waals surface area contributed by atoms with Crippen LogP contribution in [-0.4, -0.2) is 41.3 Å². The maximum atomic E-state index is 13.2. The van der Waals surface area contributed by atoms with Crippen LogP contribution in [0.4, 0.5) is 4.39 Å². The van der Waals surface area contributed by atoms with Crippen LogP contribution in [0, 0.1) is 5.82 Å². The second kappa shape index (κ2) is 9.42. The molecule has 0 unspecified atom stereocenters. The Balaban J connectivity index is 1.75. The zero-order chi connectivity index (χ0) is 23.5. The summed E-state index contributed by atoms with van der Waals surface area (Å²) in [5, 5.41) is 24.0. The van der Waals surface area contributed by atoms with Crippen molar-refractivity contribution in [1.82, 2.24) is 5.32 Å². The zero-order valence-corrected chi connectivity index (χ0v) is 17.9. The maximum absolute atomic E-state index is 13.2. The fourth-order valence-electron chi connectivity index (χ4n) is 4.10. The van der Waals surface area contributed by atoms with E-state index < -0.39 is 11.9 Å². The lowest BCUT2D eigenvalue weighted by molar-refractivity contribution is 0.0226. The van der Waals surface area contributed by atoms with E-state index in [1.54, 1.807) is 30.4 Å². The average Bonchev–Trinajstić information content (AvgIpc) is 2.95. The number of nitrogens with one attached hydrogen (secondary N) is 1. The number of hydrogen-bond acceptors (Lipinski definition) is 5. The first-order valence-corrected chi connectivity index (χ1v) is 10.7. The van der Waals surface area contributed by atoms with Gasteiger partial charge in [0.25, 0.3) is 0 Å². The Morgan fingerprint density at radius 3 is 2.48 bits per heavy atom. The molecule has 1 aliphatic heterocycles. The van der Waals surface area contributed by atoms with Gasteiger partial charge in [0.15, 0.2) is 0 Å². The number of fused-ring (bicyclic) bond motifs is 1. The first-order valence-electron chi connectivity index (χ1n) is 10.7. The second-order valence-electron chi connectivity index (χ2n) is 8.15. The summed E-state index contributed by atoms with van der Waals surface area (Å²) in [6.07, 6.45) is 6.50. The Bertz CT molecular complexity index is 1170. The number of carboxylic acid groups (broad SMARTS) is 1. The number of esters is 1. The molecule has 7 heteroatoms. The molecule has 0 aromatic heterocycles. The highest BCUT2D eigenvalue weighted by molar-refractivity contribution is 6.04. The second-order valence-corrected chi connectivity index (χ2v) is 8.15. The summed E-state index contributed by atoms with van der Waals surface area (Å²) in [5.74, 6) is -2.71. The molecule has 3 N–H and O–H groups in total. The molecule has 1 saturated heterocycles. The van der Waals surface area contributed by atoms with Gasteiger partial charge in [-0.2, -0.15) is 0 Å². The van der Waals surface area contributed by atoms with Crippen molar-refractivity contribution >= 4 is 23.6 Å². The monoisotopic (exact) mass is 449 g/mol. The van der Waals surface area contributed by atoms with Gasteiger partial charge < -0.3 is 20.3 Å². The molecule has 2 aromatic carbocycles. The Morgan fingerprint density at radius 1 is 1.12 bits per heavy atom. The molecule has 0 saturated carbocycles. The lowest BCUT2D eigenvalue weighted by atomic mass is 9.91. The van der Waals surface area contributed by atoms with Gasteiger partial charge in [-0.05, 0) is 73.3 Å². The number of phenols is 1. The van der Waals surface area contributed by atoms with Crippen molar-refractivity contribution < 1.29 is 28.9 Å². The average molecular weight is 449 g/mol. The van der Waals surface area contributed by atoms with Crippen LogP contribution in [0.3, 0.4) is 0 Å². The fourth-order valence-corrected chi connectivity index (χ4v) is 4.10. The van der Waals surface area contributed by atoms with E-state index in [9.17, 15) is 24.2 Å². The number of aromatic carboxylic acids is 1. The standard InChI is InChI=1S/C26H24FNO5/c1-15-2-3-17(12-16-4-6-18(27)7-5-16)13-20-21(25(30)31)14-22(24(29)23(15)20)26(32)33-19-8-10-28-11-9-19/h2-7,13-14,19,28-29H,1,8-12H2,(H,30,31). The number of carboxylic acids is 1. The van der Waals surface area contributed by atoms with Gasteiger partial charge in [-0.25, -0.2) is 14.0 Å². The van der Waals surface area contributed by atoms with Crippen molar-refractivity contribution in [3.8, 4) is 5.75 Å². The number of phenolic OH excluding ortho intramolecular Hbond substituents is 1. The fraction of sp³-hybridized carbons (Fsp3) is 0.231. The molecule has 0 bridgehead atoms. The minimum atomic E-state index is -1.24. The van der Waals surface area contributed by atoms with Crippen LogP contribution in [-0.2, 0) is 11.2 Å². The highest BCUT2D eigenvalue weighted by Crippen LogP contribution is 2.39. The number of piperidine rings is 1. The Labute approximate surface area is 190 Å². The molecule has 1 fully saturated rings. The Hall–Kier alpha value is -3.71. The van der Waals surface area contributed by atoms with Crippen LogP contribution in [0.25, 0.3) is 11.6 Å². The highest BCUT2D eigenvalue weighted by Gasteiger charge is 2.28. The SMILES string of the molecule is C=C1C=CC(Cc2ccc(F)cc2)=Cc2c(C(=O)O)cc(C(=O)OC3CCNCC3)c(O)c21. The molecule has 1 aliphatic carbocycles. The third-order valence-corrected chi connectivity index (χ3v) is 5.82. The van der Waals surface area contributed by atoms with Crippen LogP contribution < -0.4 is 5.32 Å². The minimum absolute atomic E-state index is 0.137.